The molecule has 0 saturated carbocycles. The summed E-state index contributed by atoms with van der Waals surface area (Å²) in [5.41, 5.74) is 0.596. The van der Waals surface area contributed by atoms with Crippen molar-refractivity contribution in [3.63, 3.8) is 0 Å². The summed E-state index contributed by atoms with van der Waals surface area (Å²) < 4.78 is 27.2. The Bertz CT molecular complexity index is 710. The number of rotatable bonds is 3. The molecule has 0 spiro atoms. The third-order valence-corrected chi connectivity index (χ3v) is 3.74. The number of nitrogens with one attached hydrogen (secondary N) is 2. The average molecular weight is 318 g/mol. The van der Waals surface area contributed by atoms with Gasteiger partial charge in [0.2, 0.25) is 0 Å². The van der Waals surface area contributed by atoms with Crippen molar-refractivity contribution in [2.24, 2.45) is 0 Å². The molecule has 1 aliphatic heterocycles. The van der Waals surface area contributed by atoms with Crippen molar-refractivity contribution in [3.05, 3.63) is 54.4 Å². The van der Waals surface area contributed by atoms with E-state index in [1.807, 2.05) is 4.90 Å². The van der Waals surface area contributed by atoms with Crippen LogP contribution < -0.4 is 15.5 Å². The number of pyridine rings is 1. The first-order valence-electron chi connectivity index (χ1n) is 7.30. The van der Waals surface area contributed by atoms with E-state index in [1.54, 1.807) is 18.2 Å². The molecule has 1 aliphatic rings. The molecule has 1 fully saturated rings. The minimum absolute atomic E-state index is 0.0708. The lowest BCUT2D eigenvalue weighted by atomic mass is 10.2. The summed E-state index contributed by atoms with van der Waals surface area (Å²) in [7, 11) is 0. The van der Waals surface area contributed by atoms with Gasteiger partial charge in [-0.15, -0.1) is 0 Å². The Kier molecular flexibility index (Phi) is 4.36. The fourth-order valence-electron chi connectivity index (χ4n) is 2.63. The molecule has 3 rings (SSSR count). The van der Waals surface area contributed by atoms with E-state index in [4.69, 9.17) is 0 Å². The molecular formula is C16H16F2N4O. The van der Waals surface area contributed by atoms with E-state index in [-0.39, 0.29) is 17.5 Å². The number of aromatic nitrogens is 1. The second kappa shape index (κ2) is 6.60. The predicted molar refractivity (Wildman–Crippen MR) is 83.4 cm³/mol. The highest BCUT2D eigenvalue weighted by molar-refractivity contribution is 5.89. The second-order valence-electron chi connectivity index (χ2n) is 5.34. The van der Waals surface area contributed by atoms with Gasteiger partial charge in [0, 0.05) is 25.3 Å². The van der Waals surface area contributed by atoms with Crippen LogP contribution in [-0.2, 0) is 0 Å². The van der Waals surface area contributed by atoms with Crippen molar-refractivity contribution in [1.82, 2.24) is 10.3 Å². The summed E-state index contributed by atoms with van der Waals surface area (Å²) >= 11 is 0. The SMILES string of the molecule is O=C(Nc1ccncc1F)N[C@H]1CCN(c2ccccc2F)C1. The zero-order valence-electron chi connectivity index (χ0n) is 12.3. The lowest BCUT2D eigenvalue weighted by Gasteiger charge is -2.19. The number of nitrogens with zero attached hydrogens (tertiary/aromatic N) is 2. The normalized spacial score (nSPS) is 17.1. The Morgan fingerprint density at radius 1 is 1.22 bits per heavy atom. The van der Waals surface area contributed by atoms with E-state index < -0.39 is 11.8 Å². The van der Waals surface area contributed by atoms with Gasteiger partial charge in [-0.05, 0) is 24.6 Å². The molecule has 1 aromatic heterocycles. The number of amides is 2. The number of urea groups is 1. The first-order chi connectivity index (χ1) is 11.1. The van der Waals surface area contributed by atoms with Gasteiger partial charge < -0.3 is 15.5 Å². The van der Waals surface area contributed by atoms with Crippen molar-refractivity contribution < 1.29 is 13.6 Å². The quantitative estimate of drug-likeness (QED) is 0.915. The summed E-state index contributed by atoms with van der Waals surface area (Å²) in [4.78, 5) is 17.4. The first-order valence-corrected chi connectivity index (χ1v) is 7.30. The topological polar surface area (TPSA) is 57.3 Å². The lowest BCUT2D eigenvalue weighted by molar-refractivity contribution is 0.249. The molecule has 5 nitrogen and oxygen atoms in total. The summed E-state index contributed by atoms with van der Waals surface area (Å²) in [6.07, 6.45) is 3.12. The second-order valence-corrected chi connectivity index (χ2v) is 5.34. The summed E-state index contributed by atoms with van der Waals surface area (Å²) in [6.45, 7) is 1.16. The fourth-order valence-corrected chi connectivity index (χ4v) is 2.63. The van der Waals surface area contributed by atoms with Crippen LogP contribution >= 0.6 is 0 Å². The maximum absolute atomic E-state index is 13.8. The van der Waals surface area contributed by atoms with Crippen LogP contribution in [0.4, 0.5) is 25.0 Å². The summed E-state index contributed by atoms with van der Waals surface area (Å²) in [5.74, 6) is -0.876. The number of hydrogen-bond acceptors (Lipinski definition) is 3. The van der Waals surface area contributed by atoms with Crippen molar-refractivity contribution >= 4 is 17.4 Å². The van der Waals surface area contributed by atoms with E-state index in [9.17, 15) is 13.6 Å². The number of para-hydroxylation sites is 1. The van der Waals surface area contributed by atoms with E-state index in [2.05, 4.69) is 15.6 Å². The van der Waals surface area contributed by atoms with Gasteiger partial charge in [0.15, 0.2) is 5.82 Å². The van der Waals surface area contributed by atoms with Gasteiger partial charge >= 0.3 is 6.03 Å². The Labute approximate surface area is 132 Å². The van der Waals surface area contributed by atoms with Crippen molar-refractivity contribution in [2.45, 2.75) is 12.5 Å². The molecule has 0 radical (unpaired) electrons. The molecule has 2 aromatic rings. The molecule has 23 heavy (non-hydrogen) atoms. The molecule has 0 unspecified atom stereocenters. The van der Waals surface area contributed by atoms with Gasteiger partial charge in [0.1, 0.15) is 5.82 Å². The number of halogens is 2. The van der Waals surface area contributed by atoms with Gasteiger partial charge in [-0.25, -0.2) is 13.6 Å². The Morgan fingerprint density at radius 2 is 2.04 bits per heavy atom. The fraction of sp³-hybridized carbons (Fsp3) is 0.250. The highest BCUT2D eigenvalue weighted by Gasteiger charge is 2.25. The zero-order chi connectivity index (χ0) is 16.2. The van der Waals surface area contributed by atoms with Crippen molar-refractivity contribution in [2.75, 3.05) is 23.3 Å². The maximum atomic E-state index is 13.8. The van der Waals surface area contributed by atoms with Gasteiger partial charge in [-0.3, -0.25) is 4.98 Å². The van der Waals surface area contributed by atoms with Crippen LogP contribution in [0.3, 0.4) is 0 Å². The van der Waals surface area contributed by atoms with E-state index in [0.717, 1.165) is 6.20 Å². The van der Waals surface area contributed by atoms with Gasteiger partial charge in [-0.2, -0.15) is 0 Å². The smallest absolute Gasteiger partial charge is 0.319 e. The molecule has 0 aliphatic carbocycles. The number of carbonyl (C=O) groups is 1. The van der Waals surface area contributed by atoms with Gasteiger partial charge in [0.05, 0.1) is 17.6 Å². The monoisotopic (exact) mass is 318 g/mol. The molecule has 1 atom stereocenters. The Morgan fingerprint density at radius 3 is 2.83 bits per heavy atom. The van der Waals surface area contributed by atoms with E-state index >= 15 is 0 Å². The standard InChI is InChI=1S/C16H16F2N4O/c17-12-3-1-2-4-15(12)22-8-6-11(10-22)20-16(23)21-14-5-7-19-9-13(14)18/h1-5,7,9,11H,6,8,10H2,(H2,19,20,21,23)/t11-/m0/s1. The number of hydrogen-bond donors (Lipinski definition) is 2. The van der Waals surface area contributed by atoms with Crippen LogP contribution in [0.2, 0.25) is 0 Å². The zero-order valence-corrected chi connectivity index (χ0v) is 12.3. The molecule has 7 heteroatoms. The highest BCUT2D eigenvalue weighted by Crippen LogP contribution is 2.23. The third kappa shape index (κ3) is 3.56. The summed E-state index contributed by atoms with van der Waals surface area (Å²) in [5, 5.41) is 5.22. The van der Waals surface area contributed by atoms with Crippen LogP contribution in [0, 0.1) is 11.6 Å². The van der Waals surface area contributed by atoms with Crippen molar-refractivity contribution in [1.29, 1.82) is 0 Å². The van der Waals surface area contributed by atoms with Crippen LogP contribution in [0.1, 0.15) is 6.42 Å². The Hall–Kier alpha value is -2.70. The molecule has 1 saturated heterocycles. The molecule has 0 bridgehead atoms. The number of benzene rings is 1. The maximum Gasteiger partial charge on any atom is 0.319 e. The Balaban J connectivity index is 1.57. The lowest BCUT2D eigenvalue weighted by Crippen LogP contribution is -2.40. The van der Waals surface area contributed by atoms with Crippen molar-refractivity contribution in [3.8, 4) is 0 Å². The van der Waals surface area contributed by atoms with E-state index in [0.29, 0.717) is 25.2 Å². The van der Waals surface area contributed by atoms with Gasteiger partial charge in [0.25, 0.3) is 0 Å². The van der Waals surface area contributed by atoms with Crippen LogP contribution in [0.25, 0.3) is 0 Å². The first kappa shape index (κ1) is 15.2. The predicted octanol–water partition coefficient (Wildman–Crippen LogP) is 2.76. The minimum atomic E-state index is -0.595. The van der Waals surface area contributed by atoms with Crippen LogP contribution in [0.15, 0.2) is 42.7 Å². The molecular weight excluding hydrogens is 302 g/mol. The number of carbonyl (C=O) groups excluding carboxylic acids is 1. The summed E-state index contributed by atoms with van der Waals surface area (Å²) in [6, 6.07) is 7.31. The molecule has 120 valence electrons. The van der Waals surface area contributed by atoms with Gasteiger partial charge in [-0.1, -0.05) is 12.1 Å². The average Bonchev–Trinajstić information content (AvgIpc) is 2.98. The molecule has 2 amide bonds. The van der Waals surface area contributed by atoms with Crippen LogP contribution in [0.5, 0.6) is 0 Å². The largest absolute Gasteiger partial charge is 0.367 e. The molecule has 2 heterocycles. The third-order valence-electron chi connectivity index (χ3n) is 3.74. The van der Waals surface area contributed by atoms with Crippen LogP contribution in [-0.4, -0.2) is 30.1 Å². The van der Waals surface area contributed by atoms with E-state index in [1.165, 1.54) is 18.3 Å². The number of anilines is 2. The molecule has 1 aromatic carbocycles. The molecule has 2 N–H and O–H groups in total. The minimum Gasteiger partial charge on any atom is -0.367 e. The highest BCUT2D eigenvalue weighted by atomic mass is 19.1.